The van der Waals surface area contributed by atoms with E-state index in [1.165, 1.54) is 0 Å². The summed E-state index contributed by atoms with van der Waals surface area (Å²) in [5.41, 5.74) is 5.98. The maximum Gasteiger partial charge on any atom is 0.265 e. The predicted octanol–water partition coefficient (Wildman–Crippen LogP) is 2.33. The summed E-state index contributed by atoms with van der Waals surface area (Å²) in [7, 11) is 0. The largest absolute Gasteiger partial charge is 0.345 e. The second-order valence-corrected chi connectivity index (χ2v) is 7.77. The number of aromatic nitrogens is 2. The molecule has 3 N–H and O–H groups in total. The molecular weight excluding hydrogens is 272 g/mol. The molecule has 1 heterocycles. The lowest BCUT2D eigenvalue weighted by Gasteiger charge is -2.31. The molecule has 20 heavy (non-hydrogen) atoms. The van der Waals surface area contributed by atoms with E-state index in [0.717, 1.165) is 23.6 Å². The van der Waals surface area contributed by atoms with Gasteiger partial charge >= 0.3 is 0 Å². The maximum absolute atomic E-state index is 12.5. The number of nitrogens with zero attached hydrogens (tertiary/aromatic N) is 2. The van der Waals surface area contributed by atoms with E-state index in [4.69, 9.17) is 5.73 Å². The van der Waals surface area contributed by atoms with Crippen molar-refractivity contribution in [2.45, 2.75) is 58.9 Å². The van der Waals surface area contributed by atoms with Gasteiger partial charge in [-0.25, -0.2) is 0 Å². The van der Waals surface area contributed by atoms with Gasteiger partial charge in [0, 0.05) is 12.0 Å². The van der Waals surface area contributed by atoms with E-state index in [0.29, 0.717) is 17.3 Å². The third-order valence-corrected chi connectivity index (χ3v) is 3.85. The molecule has 0 aliphatic heterocycles. The zero-order chi connectivity index (χ0) is 15.6. The molecular formula is C14H26N4OS. The molecule has 0 aliphatic rings. The second-order valence-electron chi connectivity index (χ2n) is 7.02. The SMILES string of the molecule is CC(C)CC(C)(CN)NC(=O)c1snnc1C(C)(C)C. The zero-order valence-electron chi connectivity index (χ0n) is 13.3. The number of amides is 1. The molecule has 0 bridgehead atoms. The highest BCUT2D eigenvalue weighted by molar-refractivity contribution is 7.08. The average molecular weight is 298 g/mol. The fraction of sp³-hybridized carbons (Fsp3) is 0.786. The van der Waals surface area contributed by atoms with Crippen LogP contribution < -0.4 is 11.1 Å². The Morgan fingerprint density at radius 3 is 2.40 bits per heavy atom. The summed E-state index contributed by atoms with van der Waals surface area (Å²) in [5, 5.41) is 7.16. The molecule has 0 aromatic carbocycles. The van der Waals surface area contributed by atoms with Crippen molar-refractivity contribution in [3.05, 3.63) is 10.6 Å². The molecule has 6 heteroatoms. The van der Waals surface area contributed by atoms with E-state index in [2.05, 4.69) is 28.8 Å². The third kappa shape index (κ3) is 4.24. The highest BCUT2D eigenvalue weighted by Crippen LogP contribution is 2.26. The first-order chi connectivity index (χ1) is 9.09. The average Bonchev–Trinajstić information content (AvgIpc) is 2.76. The third-order valence-electron chi connectivity index (χ3n) is 3.13. The lowest BCUT2D eigenvalue weighted by atomic mass is 9.89. The second kappa shape index (κ2) is 6.18. The van der Waals surface area contributed by atoms with Gasteiger partial charge in [-0.1, -0.05) is 39.1 Å². The molecule has 1 unspecified atom stereocenters. The fourth-order valence-electron chi connectivity index (χ4n) is 2.25. The minimum atomic E-state index is -0.398. The van der Waals surface area contributed by atoms with Crippen LogP contribution in [0.15, 0.2) is 0 Å². The van der Waals surface area contributed by atoms with Crippen molar-refractivity contribution < 1.29 is 4.79 Å². The predicted molar refractivity (Wildman–Crippen MR) is 83.0 cm³/mol. The minimum absolute atomic E-state index is 0.126. The number of carbonyl (C=O) groups excluding carboxylic acids is 1. The highest BCUT2D eigenvalue weighted by Gasteiger charge is 2.31. The normalized spacial score (nSPS) is 15.2. The van der Waals surface area contributed by atoms with Crippen LogP contribution in [0.3, 0.4) is 0 Å². The Labute approximate surface area is 125 Å². The first-order valence-electron chi connectivity index (χ1n) is 6.94. The van der Waals surface area contributed by atoms with Crippen LogP contribution in [0.25, 0.3) is 0 Å². The summed E-state index contributed by atoms with van der Waals surface area (Å²) in [6, 6.07) is 0. The van der Waals surface area contributed by atoms with Gasteiger partial charge in [-0.15, -0.1) is 5.10 Å². The fourth-order valence-corrected chi connectivity index (χ4v) is 3.02. The lowest BCUT2D eigenvalue weighted by molar-refractivity contribution is 0.0900. The van der Waals surface area contributed by atoms with Crippen LogP contribution in [0.4, 0.5) is 0 Å². The molecule has 0 spiro atoms. The molecule has 1 aromatic rings. The smallest absolute Gasteiger partial charge is 0.265 e. The number of hydrogen-bond acceptors (Lipinski definition) is 5. The van der Waals surface area contributed by atoms with Crippen LogP contribution in [0.1, 0.15) is 63.3 Å². The van der Waals surface area contributed by atoms with Crippen LogP contribution in [0, 0.1) is 5.92 Å². The van der Waals surface area contributed by atoms with Gasteiger partial charge in [0.15, 0.2) is 0 Å². The Kier molecular flexibility index (Phi) is 5.27. The molecule has 1 aromatic heterocycles. The van der Waals surface area contributed by atoms with Gasteiger partial charge in [0.05, 0.1) is 11.2 Å². The first kappa shape index (κ1) is 17.0. The molecule has 0 aliphatic carbocycles. The summed E-state index contributed by atoms with van der Waals surface area (Å²) < 4.78 is 3.93. The van der Waals surface area contributed by atoms with Gasteiger partial charge in [0.25, 0.3) is 5.91 Å². The van der Waals surface area contributed by atoms with Crippen molar-refractivity contribution in [3.63, 3.8) is 0 Å². The van der Waals surface area contributed by atoms with Gasteiger partial charge in [0.2, 0.25) is 0 Å². The number of nitrogens with two attached hydrogens (primary N) is 1. The topological polar surface area (TPSA) is 80.9 Å². The van der Waals surface area contributed by atoms with Gasteiger partial charge in [0.1, 0.15) is 4.88 Å². The van der Waals surface area contributed by atoms with E-state index >= 15 is 0 Å². The van der Waals surface area contributed by atoms with E-state index in [1.807, 2.05) is 27.7 Å². The van der Waals surface area contributed by atoms with Crippen LogP contribution in [0.5, 0.6) is 0 Å². The highest BCUT2D eigenvalue weighted by atomic mass is 32.1. The Morgan fingerprint density at radius 2 is 1.95 bits per heavy atom. The van der Waals surface area contributed by atoms with E-state index in [9.17, 15) is 4.79 Å². The standard InChI is InChI=1S/C14H26N4OS/c1-9(2)7-14(6,8-15)16-12(19)10-11(13(3,4)5)17-18-20-10/h9H,7-8,15H2,1-6H3,(H,16,19). The van der Waals surface area contributed by atoms with E-state index in [1.54, 1.807) is 0 Å². The Morgan fingerprint density at radius 1 is 1.35 bits per heavy atom. The maximum atomic E-state index is 12.5. The molecule has 1 amide bonds. The molecule has 0 saturated heterocycles. The van der Waals surface area contributed by atoms with Crippen molar-refractivity contribution in [3.8, 4) is 0 Å². The molecule has 0 fully saturated rings. The van der Waals surface area contributed by atoms with Gasteiger partial charge < -0.3 is 11.1 Å². The van der Waals surface area contributed by atoms with Gasteiger partial charge in [-0.3, -0.25) is 4.79 Å². The molecule has 1 rings (SSSR count). The Bertz CT molecular complexity index is 464. The van der Waals surface area contributed by atoms with Gasteiger partial charge in [-0.2, -0.15) is 0 Å². The van der Waals surface area contributed by atoms with Crippen LogP contribution in [-0.2, 0) is 5.41 Å². The van der Waals surface area contributed by atoms with Crippen LogP contribution in [0.2, 0.25) is 0 Å². The molecule has 0 radical (unpaired) electrons. The van der Waals surface area contributed by atoms with Gasteiger partial charge in [-0.05, 0) is 30.8 Å². The lowest BCUT2D eigenvalue weighted by Crippen LogP contribution is -2.52. The van der Waals surface area contributed by atoms with E-state index in [-0.39, 0.29) is 11.3 Å². The van der Waals surface area contributed by atoms with Crippen molar-refractivity contribution in [2.24, 2.45) is 11.7 Å². The zero-order valence-corrected chi connectivity index (χ0v) is 14.1. The first-order valence-corrected chi connectivity index (χ1v) is 7.72. The van der Waals surface area contributed by atoms with Crippen molar-refractivity contribution >= 4 is 17.4 Å². The number of hydrogen-bond donors (Lipinski definition) is 2. The number of nitrogens with one attached hydrogen (secondary N) is 1. The monoisotopic (exact) mass is 298 g/mol. The van der Waals surface area contributed by atoms with E-state index < -0.39 is 5.54 Å². The summed E-state index contributed by atoms with van der Waals surface area (Å²) in [5.74, 6) is 0.337. The van der Waals surface area contributed by atoms with Crippen molar-refractivity contribution in [1.29, 1.82) is 0 Å². The summed E-state index contributed by atoms with van der Waals surface area (Å²) in [6.07, 6.45) is 0.840. The number of rotatable bonds is 5. The van der Waals surface area contributed by atoms with Crippen LogP contribution >= 0.6 is 11.5 Å². The summed E-state index contributed by atoms with van der Waals surface area (Å²) >= 11 is 1.14. The Hall–Kier alpha value is -1.01. The molecule has 114 valence electrons. The van der Waals surface area contributed by atoms with Crippen molar-refractivity contribution in [2.75, 3.05) is 6.54 Å². The molecule has 5 nitrogen and oxygen atoms in total. The molecule has 0 saturated carbocycles. The molecule has 1 atom stereocenters. The quantitative estimate of drug-likeness (QED) is 0.874. The minimum Gasteiger partial charge on any atom is -0.345 e. The van der Waals surface area contributed by atoms with Crippen molar-refractivity contribution in [1.82, 2.24) is 14.9 Å². The summed E-state index contributed by atoms with van der Waals surface area (Å²) in [6.45, 7) is 12.7. The summed E-state index contributed by atoms with van der Waals surface area (Å²) in [4.78, 5) is 13.1. The van der Waals surface area contributed by atoms with Crippen LogP contribution in [-0.4, -0.2) is 27.6 Å². The Balaban J connectivity index is 2.94. The number of carbonyl (C=O) groups is 1.